The fourth-order valence-electron chi connectivity index (χ4n) is 2.77. The lowest BCUT2D eigenvalue weighted by Crippen LogP contribution is -2.16. The summed E-state index contributed by atoms with van der Waals surface area (Å²) in [5.41, 5.74) is 8.29. The highest BCUT2D eigenvalue weighted by molar-refractivity contribution is 5.57. The second-order valence-corrected chi connectivity index (χ2v) is 5.28. The molecule has 0 radical (unpaired) electrons. The second-order valence-electron chi connectivity index (χ2n) is 5.28. The summed E-state index contributed by atoms with van der Waals surface area (Å²) < 4.78 is 21.1. The maximum atomic E-state index is 10.1. The van der Waals surface area contributed by atoms with Gasteiger partial charge < -0.3 is 29.8 Å². The van der Waals surface area contributed by atoms with E-state index in [1.54, 1.807) is 25.3 Å². The van der Waals surface area contributed by atoms with E-state index in [4.69, 9.17) is 24.7 Å². The molecule has 0 amide bonds. The van der Waals surface area contributed by atoms with Gasteiger partial charge in [0.05, 0.1) is 32.1 Å². The third-order valence-electron chi connectivity index (χ3n) is 3.85. The fourth-order valence-corrected chi connectivity index (χ4v) is 2.77. The number of allylic oxidation sites excluding steroid dienone is 1. The monoisotopic (exact) mass is 333 g/mol. The molecule has 0 aliphatic carbocycles. The average molecular weight is 333 g/mol. The van der Waals surface area contributed by atoms with Crippen molar-refractivity contribution in [2.45, 2.75) is 12.5 Å². The number of aromatic hydroxyl groups is 1. The van der Waals surface area contributed by atoms with Crippen molar-refractivity contribution >= 4 is 0 Å². The van der Waals surface area contributed by atoms with E-state index in [0.717, 1.165) is 16.8 Å². The average Bonchev–Trinajstić information content (AvgIpc) is 2.97. The van der Waals surface area contributed by atoms with Gasteiger partial charge in [-0.05, 0) is 23.8 Å². The summed E-state index contributed by atoms with van der Waals surface area (Å²) in [6, 6.07) is 3.45. The molecule has 3 rings (SSSR count). The first-order chi connectivity index (χ1) is 11.6. The predicted molar refractivity (Wildman–Crippen MR) is 85.3 cm³/mol. The van der Waals surface area contributed by atoms with Crippen molar-refractivity contribution in [3.8, 4) is 23.1 Å². The third-order valence-corrected chi connectivity index (χ3v) is 3.85. The number of H-pyrrole nitrogens is 1. The van der Waals surface area contributed by atoms with Crippen LogP contribution in [0.15, 0.2) is 24.1 Å². The van der Waals surface area contributed by atoms with Gasteiger partial charge in [-0.1, -0.05) is 0 Å². The molecular weight excluding hydrogens is 314 g/mol. The molecule has 4 N–H and O–H groups in total. The van der Waals surface area contributed by atoms with Crippen LogP contribution in [0.2, 0.25) is 0 Å². The van der Waals surface area contributed by atoms with Crippen LogP contribution < -0.4 is 19.9 Å². The van der Waals surface area contributed by atoms with Gasteiger partial charge in [0.25, 0.3) is 0 Å². The van der Waals surface area contributed by atoms with Gasteiger partial charge in [0.2, 0.25) is 11.6 Å². The zero-order valence-corrected chi connectivity index (χ0v) is 13.6. The van der Waals surface area contributed by atoms with Gasteiger partial charge in [-0.3, -0.25) is 5.10 Å². The second kappa shape index (κ2) is 6.32. The number of benzene rings is 1. The van der Waals surface area contributed by atoms with Crippen LogP contribution >= 0.6 is 0 Å². The van der Waals surface area contributed by atoms with Crippen LogP contribution in [0.3, 0.4) is 0 Å². The van der Waals surface area contributed by atoms with E-state index in [-0.39, 0.29) is 17.6 Å². The highest BCUT2D eigenvalue weighted by atomic mass is 16.5. The van der Waals surface area contributed by atoms with Crippen molar-refractivity contribution in [2.75, 3.05) is 21.3 Å². The molecular formula is C16H19N3O5. The lowest BCUT2D eigenvalue weighted by atomic mass is 9.89. The zero-order chi connectivity index (χ0) is 17.3. The summed E-state index contributed by atoms with van der Waals surface area (Å²) >= 11 is 0. The Bertz CT molecular complexity index is 759. The molecule has 0 fully saturated rings. The summed E-state index contributed by atoms with van der Waals surface area (Å²) in [7, 11) is 4.56. The number of fused-ring (bicyclic) bond motifs is 1. The topological polar surface area (TPSA) is 112 Å². The largest absolute Gasteiger partial charge is 0.502 e. The minimum Gasteiger partial charge on any atom is -0.502 e. The summed E-state index contributed by atoms with van der Waals surface area (Å²) in [6.45, 7) is 0.349. The molecule has 1 aliphatic heterocycles. The number of hydrogen-bond acceptors (Lipinski definition) is 7. The number of nitrogens with two attached hydrogens (primary N) is 1. The normalized spacial score (nSPS) is 16.1. The Hall–Kier alpha value is -2.87. The molecule has 1 aliphatic rings. The number of aromatic nitrogens is 2. The zero-order valence-electron chi connectivity index (χ0n) is 13.6. The lowest BCUT2D eigenvalue weighted by Gasteiger charge is -2.22. The number of hydrogen-bond donors (Lipinski definition) is 3. The SMILES string of the molecule is COCc1[nH]nc2c1C(c1cc(OC)c(O)c(OC)c1)C=C(N)O2. The third kappa shape index (κ3) is 2.61. The van der Waals surface area contributed by atoms with Gasteiger partial charge in [-0.25, -0.2) is 0 Å². The number of ether oxygens (including phenoxy) is 4. The van der Waals surface area contributed by atoms with E-state index in [1.807, 2.05) is 0 Å². The highest BCUT2D eigenvalue weighted by Crippen LogP contribution is 2.44. The maximum Gasteiger partial charge on any atom is 0.244 e. The Balaban J connectivity index is 2.15. The van der Waals surface area contributed by atoms with Gasteiger partial charge >= 0.3 is 0 Å². The number of phenolic OH excluding ortho intramolecular Hbond substituents is 1. The first kappa shape index (κ1) is 16.0. The van der Waals surface area contributed by atoms with Gasteiger partial charge in [-0.2, -0.15) is 0 Å². The van der Waals surface area contributed by atoms with E-state index in [0.29, 0.717) is 24.0 Å². The molecule has 0 bridgehead atoms. The van der Waals surface area contributed by atoms with Crippen LogP contribution in [0.5, 0.6) is 23.1 Å². The molecule has 8 heteroatoms. The van der Waals surface area contributed by atoms with Crippen molar-refractivity contribution in [1.82, 2.24) is 10.2 Å². The molecule has 8 nitrogen and oxygen atoms in total. The van der Waals surface area contributed by atoms with Crippen molar-refractivity contribution in [2.24, 2.45) is 5.73 Å². The molecule has 0 saturated carbocycles. The molecule has 1 aromatic carbocycles. The molecule has 2 heterocycles. The van der Waals surface area contributed by atoms with Gasteiger partial charge in [0, 0.05) is 13.0 Å². The predicted octanol–water partition coefficient (Wildman–Crippen LogP) is 1.60. The number of rotatable bonds is 5. The standard InChI is InChI=1S/C16H19N3O5/c1-21-7-10-14-9(6-13(17)24-16(14)19-18-10)8-4-11(22-2)15(20)12(5-8)23-3/h4-6,9,20H,7,17H2,1-3H3,(H,18,19). The number of nitrogens with zero attached hydrogens (tertiary/aromatic N) is 1. The van der Waals surface area contributed by atoms with E-state index in [2.05, 4.69) is 10.2 Å². The molecule has 2 aromatic rings. The summed E-state index contributed by atoms with van der Waals surface area (Å²) in [6.07, 6.45) is 1.77. The van der Waals surface area contributed by atoms with Crippen LogP contribution in [0.25, 0.3) is 0 Å². The summed E-state index contributed by atoms with van der Waals surface area (Å²) in [4.78, 5) is 0. The Morgan fingerprint density at radius 3 is 2.50 bits per heavy atom. The Labute approximate surface area is 138 Å². The van der Waals surface area contributed by atoms with Crippen LogP contribution in [-0.4, -0.2) is 36.6 Å². The Kier molecular flexibility index (Phi) is 4.22. The summed E-state index contributed by atoms with van der Waals surface area (Å²) in [5, 5.41) is 17.2. The van der Waals surface area contributed by atoms with E-state index < -0.39 is 0 Å². The molecule has 1 atom stereocenters. The quantitative estimate of drug-likeness (QED) is 0.762. The molecule has 0 spiro atoms. The molecule has 1 aromatic heterocycles. The number of methoxy groups -OCH3 is 3. The lowest BCUT2D eigenvalue weighted by molar-refractivity contribution is 0.180. The fraction of sp³-hybridized carbons (Fsp3) is 0.312. The molecule has 24 heavy (non-hydrogen) atoms. The van der Waals surface area contributed by atoms with Crippen LogP contribution in [0, 0.1) is 0 Å². The van der Waals surface area contributed by atoms with Gasteiger partial charge in [0.15, 0.2) is 17.4 Å². The number of aromatic amines is 1. The minimum absolute atomic E-state index is 0.0581. The summed E-state index contributed by atoms with van der Waals surface area (Å²) in [5.74, 6) is 0.952. The highest BCUT2D eigenvalue weighted by Gasteiger charge is 2.30. The molecule has 0 saturated heterocycles. The van der Waals surface area contributed by atoms with Crippen molar-refractivity contribution in [3.05, 3.63) is 40.9 Å². The van der Waals surface area contributed by atoms with Crippen molar-refractivity contribution in [3.63, 3.8) is 0 Å². The van der Waals surface area contributed by atoms with Crippen LogP contribution in [0.4, 0.5) is 0 Å². The first-order valence-corrected chi connectivity index (χ1v) is 7.25. The Morgan fingerprint density at radius 1 is 1.25 bits per heavy atom. The minimum atomic E-state index is -0.249. The van der Waals surface area contributed by atoms with Gasteiger partial charge in [-0.15, -0.1) is 5.10 Å². The van der Waals surface area contributed by atoms with Crippen LogP contribution in [0.1, 0.15) is 22.7 Å². The van der Waals surface area contributed by atoms with E-state index in [1.165, 1.54) is 14.2 Å². The van der Waals surface area contributed by atoms with Crippen LogP contribution in [-0.2, 0) is 11.3 Å². The maximum absolute atomic E-state index is 10.1. The number of phenols is 1. The first-order valence-electron chi connectivity index (χ1n) is 7.25. The van der Waals surface area contributed by atoms with E-state index in [9.17, 15) is 5.11 Å². The van der Waals surface area contributed by atoms with Gasteiger partial charge in [0.1, 0.15) is 0 Å². The smallest absolute Gasteiger partial charge is 0.244 e. The van der Waals surface area contributed by atoms with Crippen molar-refractivity contribution in [1.29, 1.82) is 0 Å². The number of nitrogens with one attached hydrogen (secondary N) is 1. The van der Waals surface area contributed by atoms with Crippen molar-refractivity contribution < 1.29 is 24.1 Å². The molecule has 1 unspecified atom stereocenters. The molecule has 128 valence electrons. The Morgan fingerprint density at radius 2 is 1.92 bits per heavy atom. The van der Waals surface area contributed by atoms with E-state index >= 15 is 0 Å².